The Kier molecular flexibility index (Phi) is 4.83. The molecule has 1 aromatic rings. The number of piperidine rings is 1. The Morgan fingerprint density at radius 3 is 2.52 bits per heavy atom. The molecule has 0 spiro atoms. The molecule has 1 fully saturated rings. The van der Waals surface area contributed by atoms with Crippen LogP contribution in [0.2, 0.25) is 0 Å². The Morgan fingerprint density at radius 1 is 1.38 bits per heavy atom. The third kappa shape index (κ3) is 3.73. The van der Waals surface area contributed by atoms with Gasteiger partial charge in [0.15, 0.2) is 0 Å². The molecule has 2 heterocycles. The van der Waals surface area contributed by atoms with Crippen molar-refractivity contribution in [2.24, 2.45) is 5.92 Å². The number of hydrogen-bond acceptors (Lipinski definition) is 4. The van der Waals surface area contributed by atoms with E-state index in [1.807, 2.05) is 19.9 Å². The average molecular weight is 291 g/mol. The molecule has 2 rings (SSSR count). The molecule has 0 saturated carbocycles. The van der Waals surface area contributed by atoms with Crippen LogP contribution in [-0.2, 0) is 0 Å². The normalized spacial score (nSPS) is 16.5. The SMILES string of the molecule is Cc1cc(C)c(C(=O)O)c(N2CCC(CN(C)C)CC2)n1. The van der Waals surface area contributed by atoms with Crippen molar-refractivity contribution in [3.05, 3.63) is 22.9 Å². The van der Waals surface area contributed by atoms with E-state index in [9.17, 15) is 9.90 Å². The molecule has 1 aliphatic heterocycles. The highest BCUT2D eigenvalue weighted by atomic mass is 16.4. The van der Waals surface area contributed by atoms with Crippen LogP contribution >= 0.6 is 0 Å². The van der Waals surface area contributed by atoms with Crippen LogP contribution in [0.25, 0.3) is 0 Å². The van der Waals surface area contributed by atoms with Gasteiger partial charge in [0.2, 0.25) is 0 Å². The summed E-state index contributed by atoms with van der Waals surface area (Å²) in [4.78, 5) is 20.4. The molecule has 1 N–H and O–H groups in total. The molecular weight excluding hydrogens is 266 g/mol. The van der Waals surface area contributed by atoms with Gasteiger partial charge in [-0.2, -0.15) is 0 Å². The zero-order valence-electron chi connectivity index (χ0n) is 13.4. The highest BCUT2D eigenvalue weighted by molar-refractivity contribution is 5.95. The lowest BCUT2D eigenvalue weighted by Crippen LogP contribution is -2.38. The monoisotopic (exact) mass is 291 g/mol. The number of carbonyl (C=O) groups is 1. The van der Waals surface area contributed by atoms with Gasteiger partial charge in [-0.15, -0.1) is 0 Å². The zero-order valence-corrected chi connectivity index (χ0v) is 13.4. The van der Waals surface area contributed by atoms with Gasteiger partial charge in [-0.05, 0) is 58.3 Å². The highest BCUT2D eigenvalue weighted by Crippen LogP contribution is 2.27. The van der Waals surface area contributed by atoms with Crippen LogP contribution in [0.5, 0.6) is 0 Å². The summed E-state index contributed by atoms with van der Waals surface area (Å²) in [6.45, 7) is 6.63. The Morgan fingerprint density at radius 2 is 2.00 bits per heavy atom. The van der Waals surface area contributed by atoms with Crippen molar-refractivity contribution in [2.75, 3.05) is 38.6 Å². The van der Waals surface area contributed by atoms with Gasteiger partial charge >= 0.3 is 5.97 Å². The first-order valence-corrected chi connectivity index (χ1v) is 7.49. The molecule has 0 bridgehead atoms. The van der Waals surface area contributed by atoms with Crippen molar-refractivity contribution in [2.45, 2.75) is 26.7 Å². The Hall–Kier alpha value is -1.62. The number of aromatic carboxylic acids is 1. The van der Waals surface area contributed by atoms with E-state index in [0.29, 0.717) is 17.3 Å². The average Bonchev–Trinajstić information content (AvgIpc) is 2.37. The molecule has 1 aromatic heterocycles. The predicted molar refractivity (Wildman–Crippen MR) is 84.2 cm³/mol. The van der Waals surface area contributed by atoms with Gasteiger partial charge in [0.05, 0.1) is 0 Å². The molecule has 1 aliphatic rings. The molecule has 0 aromatic carbocycles. The molecule has 116 valence electrons. The van der Waals surface area contributed by atoms with E-state index in [0.717, 1.165) is 43.7 Å². The minimum absolute atomic E-state index is 0.353. The molecule has 0 unspecified atom stereocenters. The van der Waals surface area contributed by atoms with E-state index in [-0.39, 0.29) is 0 Å². The molecule has 0 aliphatic carbocycles. The summed E-state index contributed by atoms with van der Waals surface area (Å²) in [7, 11) is 4.20. The number of carboxylic acid groups (broad SMARTS) is 1. The van der Waals surface area contributed by atoms with Crippen molar-refractivity contribution < 1.29 is 9.90 Å². The van der Waals surface area contributed by atoms with E-state index in [2.05, 4.69) is 28.9 Å². The summed E-state index contributed by atoms with van der Waals surface area (Å²) >= 11 is 0. The van der Waals surface area contributed by atoms with Gasteiger partial charge in [0.1, 0.15) is 11.4 Å². The highest BCUT2D eigenvalue weighted by Gasteiger charge is 2.25. The second kappa shape index (κ2) is 6.43. The molecule has 0 radical (unpaired) electrons. The number of aryl methyl sites for hydroxylation is 2. The summed E-state index contributed by atoms with van der Waals surface area (Å²) in [5.41, 5.74) is 2.02. The van der Waals surface area contributed by atoms with E-state index in [1.54, 1.807) is 0 Å². The van der Waals surface area contributed by atoms with E-state index < -0.39 is 5.97 Å². The lowest BCUT2D eigenvalue weighted by molar-refractivity contribution is 0.0696. The van der Waals surface area contributed by atoms with E-state index >= 15 is 0 Å². The third-order valence-electron chi connectivity index (χ3n) is 4.08. The van der Waals surface area contributed by atoms with Crippen molar-refractivity contribution in [1.29, 1.82) is 0 Å². The summed E-state index contributed by atoms with van der Waals surface area (Å²) in [5, 5.41) is 9.47. The first-order valence-electron chi connectivity index (χ1n) is 7.49. The topological polar surface area (TPSA) is 56.7 Å². The zero-order chi connectivity index (χ0) is 15.6. The lowest BCUT2D eigenvalue weighted by atomic mass is 9.96. The number of carboxylic acids is 1. The number of hydrogen-bond donors (Lipinski definition) is 1. The first kappa shape index (κ1) is 15.8. The van der Waals surface area contributed by atoms with Gasteiger partial charge in [-0.3, -0.25) is 0 Å². The van der Waals surface area contributed by atoms with Gasteiger partial charge in [0, 0.05) is 25.3 Å². The lowest BCUT2D eigenvalue weighted by Gasteiger charge is -2.34. The third-order valence-corrected chi connectivity index (χ3v) is 4.08. The van der Waals surface area contributed by atoms with Crippen molar-refractivity contribution in [1.82, 2.24) is 9.88 Å². The maximum absolute atomic E-state index is 11.5. The predicted octanol–water partition coefficient (Wildman–Crippen LogP) is 2.17. The fraction of sp³-hybridized carbons (Fsp3) is 0.625. The molecule has 0 atom stereocenters. The molecular formula is C16H25N3O2. The fourth-order valence-electron chi connectivity index (χ4n) is 3.15. The van der Waals surface area contributed by atoms with Crippen LogP contribution < -0.4 is 4.90 Å². The molecule has 1 saturated heterocycles. The van der Waals surface area contributed by atoms with Gasteiger partial charge in [-0.1, -0.05) is 0 Å². The van der Waals surface area contributed by atoms with E-state index in [4.69, 9.17) is 0 Å². The van der Waals surface area contributed by atoms with Gasteiger partial charge in [-0.25, -0.2) is 9.78 Å². The molecule has 5 heteroatoms. The minimum atomic E-state index is -0.884. The maximum Gasteiger partial charge on any atom is 0.339 e. The summed E-state index contributed by atoms with van der Waals surface area (Å²) < 4.78 is 0. The Bertz CT molecular complexity index is 520. The van der Waals surface area contributed by atoms with E-state index in [1.165, 1.54) is 0 Å². The fourth-order valence-corrected chi connectivity index (χ4v) is 3.15. The second-order valence-electron chi connectivity index (χ2n) is 6.28. The second-order valence-corrected chi connectivity index (χ2v) is 6.28. The number of aromatic nitrogens is 1. The number of pyridine rings is 1. The maximum atomic E-state index is 11.5. The van der Waals surface area contributed by atoms with Crippen LogP contribution in [-0.4, -0.2) is 54.7 Å². The number of nitrogens with zero attached hydrogens (tertiary/aromatic N) is 3. The summed E-state index contributed by atoms with van der Waals surface area (Å²) in [6, 6.07) is 1.84. The standard InChI is InChI=1S/C16H25N3O2/c1-11-9-12(2)17-15(14(11)16(20)21)19-7-5-13(6-8-19)10-18(3)4/h9,13H,5-8,10H2,1-4H3,(H,20,21). The first-order chi connectivity index (χ1) is 9.88. The summed E-state index contributed by atoms with van der Waals surface area (Å²) in [5.74, 6) is 0.448. The molecule has 5 nitrogen and oxygen atoms in total. The largest absolute Gasteiger partial charge is 0.478 e. The minimum Gasteiger partial charge on any atom is -0.478 e. The van der Waals surface area contributed by atoms with Crippen molar-refractivity contribution in [3.8, 4) is 0 Å². The van der Waals surface area contributed by atoms with Gasteiger partial charge in [0.25, 0.3) is 0 Å². The van der Waals surface area contributed by atoms with Crippen LogP contribution in [0.15, 0.2) is 6.07 Å². The smallest absolute Gasteiger partial charge is 0.339 e. The number of anilines is 1. The van der Waals surface area contributed by atoms with Crippen LogP contribution in [0.4, 0.5) is 5.82 Å². The Balaban J connectivity index is 2.18. The van der Waals surface area contributed by atoms with Crippen LogP contribution in [0, 0.1) is 19.8 Å². The molecule has 0 amide bonds. The van der Waals surface area contributed by atoms with Crippen molar-refractivity contribution >= 4 is 11.8 Å². The van der Waals surface area contributed by atoms with Crippen molar-refractivity contribution in [3.63, 3.8) is 0 Å². The van der Waals surface area contributed by atoms with Crippen LogP contribution in [0.3, 0.4) is 0 Å². The van der Waals surface area contributed by atoms with Crippen LogP contribution in [0.1, 0.15) is 34.5 Å². The Labute approximate surface area is 126 Å². The van der Waals surface area contributed by atoms with Gasteiger partial charge < -0.3 is 14.9 Å². The number of rotatable bonds is 4. The molecule has 21 heavy (non-hydrogen) atoms. The summed E-state index contributed by atoms with van der Waals surface area (Å²) in [6.07, 6.45) is 2.18. The quantitative estimate of drug-likeness (QED) is 0.921.